The molecule has 0 saturated carbocycles. The summed E-state index contributed by atoms with van der Waals surface area (Å²) in [6.07, 6.45) is 0. The first-order chi connectivity index (χ1) is 13.1. The molecule has 1 fully saturated rings. The zero-order valence-electron chi connectivity index (χ0n) is 16.5. The highest BCUT2D eigenvalue weighted by molar-refractivity contribution is 5.49. The van der Waals surface area contributed by atoms with E-state index in [1.54, 1.807) is 7.11 Å². The fourth-order valence-electron chi connectivity index (χ4n) is 3.64. The van der Waals surface area contributed by atoms with Gasteiger partial charge in [0.15, 0.2) is 0 Å². The zero-order valence-corrected chi connectivity index (χ0v) is 16.5. The third-order valence-corrected chi connectivity index (χ3v) is 5.18. The monoisotopic (exact) mass is 370 g/mol. The summed E-state index contributed by atoms with van der Waals surface area (Å²) < 4.78 is 10.8. The van der Waals surface area contributed by atoms with E-state index in [9.17, 15) is 5.11 Å². The van der Waals surface area contributed by atoms with Crippen molar-refractivity contribution in [3.8, 4) is 11.5 Å². The summed E-state index contributed by atoms with van der Waals surface area (Å²) in [6, 6.07) is 14.9. The molecule has 146 valence electrons. The maximum Gasteiger partial charge on any atom is 0.124 e. The third-order valence-electron chi connectivity index (χ3n) is 5.18. The molecule has 27 heavy (non-hydrogen) atoms. The Balaban J connectivity index is 1.63. The Kier molecular flexibility index (Phi) is 6.58. The van der Waals surface area contributed by atoms with Crippen LogP contribution in [0.3, 0.4) is 0 Å². The average molecular weight is 370 g/mol. The predicted octanol–water partition coefficient (Wildman–Crippen LogP) is 3.30. The molecule has 5 heteroatoms. The van der Waals surface area contributed by atoms with Gasteiger partial charge in [-0.15, -0.1) is 0 Å². The van der Waals surface area contributed by atoms with Crippen molar-refractivity contribution < 1.29 is 14.6 Å². The van der Waals surface area contributed by atoms with Crippen LogP contribution in [0, 0.1) is 0 Å². The van der Waals surface area contributed by atoms with Crippen molar-refractivity contribution >= 4 is 5.69 Å². The number of piperazine rings is 1. The van der Waals surface area contributed by atoms with Crippen LogP contribution in [0.15, 0.2) is 42.5 Å². The highest BCUT2D eigenvalue weighted by Crippen LogP contribution is 2.25. The molecule has 0 amide bonds. The van der Waals surface area contributed by atoms with Gasteiger partial charge >= 0.3 is 0 Å². The number of benzene rings is 2. The van der Waals surface area contributed by atoms with Gasteiger partial charge in [-0.2, -0.15) is 0 Å². The van der Waals surface area contributed by atoms with E-state index in [1.165, 1.54) is 11.3 Å². The molecule has 0 unspecified atom stereocenters. The van der Waals surface area contributed by atoms with Crippen LogP contribution in [0.25, 0.3) is 0 Å². The van der Waals surface area contributed by atoms with Gasteiger partial charge in [0, 0.05) is 43.5 Å². The lowest BCUT2D eigenvalue weighted by Gasteiger charge is -2.41. The van der Waals surface area contributed by atoms with Gasteiger partial charge in [0.1, 0.15) is 11.5 Å². The Bertz CT molecular complexity index is 733. The third kappa shape index (κ3) is 4.73. The predicted molar refractivity (Wildman–Crippen MR) is 109 cm³/mol. The first kappa shape index (κ1) is 19.5. The molecule has 1 saturated heterocycles. The summed E-state index contributed by atoms with van der Waals surface area (Å²) in [5, 5.41) is 9.62. The normalized spacial score (nSPS) is 17.8. The molecule has 1 aliphatic heterocycles. The maximum atomic E-state index is 9.62. The second-order valence-electron chi connectivity index (χ2n) is 7.00. The van der Waals surface area contributed by atoms with Gasteiger partial charge in [-0.1, -0.05) is 6.07 Å². The van der Waals surface area contributed by atoms with Crippen molar-refractivity contribution in [2.45, 2.75) is 33.0 Å². The Morgan fingerprint density at radius 3 is 2.52 bits per heavy atom. The lowest BCUT2D eigenvalue weighted by molar-refractivity contribution is 0.180. The van der Waals surface area contributed by atoms with E-state index < -0.39 is 0 Å². The van der Waals surface area contributed by atoms with Crippen LogP contribution < -0.4 is 14.4 Å². The number of rotatable bonds is 7. The second-order valence-corrected chi connectivity index (χ2v) is 7.00. The van der Waals surface area contributed by atoms with Crippen molar-refractivity contribution in [2.24, 2.45) is 0 Å². The molecule has 0 aromatic heterocycles. The van der Waals surface area contributed by atoms with Crippen LogP contribution in [-0.2, 0) is 13.2 Å². The van der Waals surface area contributed by atoms with Crippen molar-refractivity contribution in [3.63, 3.8) is 0 Å². The first-order valence-electron chi connectivity index (χ1n) is 9.63. The van der Waals surface area contributed by atoms with Crippen molar-refractivity contribution in [3.05, 3.63) is 53.6 Å². The van der Waals surface area contributed by atoms with Gasteiger partial charge in [-0.3, -0.25) is 4.90 Å². The van der Waals surface area contributed by atoms with Gasteiger partial charge in [-0.25, -0.2) is 0 Å². The van der Waals surface area contributed by atoms with Crippen LogP contribution in [0.5, 0.6) is 11.5 Å². The number of hydrogen-bond donors (Lipinski definition) is 1. The van der Waals surface area contributed by atoms with Crippen molar-refractivity contribution in [1.29, 1.82) is 0 Å². The summed E-state index contributed by atoms with van der Waals surface area (Å²) in [4.78, 5) is 4.93. The van der Waals surface area contributed by atoms with Gasteiger partial charge in [0.25, 0.3) is 0 Å². The van der Waals surface area contributed by atoms with Gasteiger partial charge in [0.05, 0.1) is 20.3 Å². The molecule has 0 aliphatic carbocycles. The first-order valence-corrected chi connectivity index (χ1v) is 9.63. The smallest absolute Gasteiger partial charge is 0.124 e. The summed E-state index contributed by atoms with van der Waals surface area (Å²) in [6.45, 7) is 8.74. The number of aliphatic hydroxyl groups excluding tert-OH is 1. The molecule has 1 heterocycles. The molecule has 2 aromatic carbocycles. The van der Waals surface area contributed by atoms with E-state index in [0.29, 0.717) is 12.6 Å². The van der Waals surface area contributed by atoms with Crippen LogP contribution in [0.4, 0.5) is 5.69 Å². The molecule has 3 rings (SSSR count). The van der Waals surface area contributed by atoms with Gasteiger partial charge in [-0.05, 0) is 55.8 Å². The number of hydrogen-bond acceptors (Lipinski definition) is 5. The molecule has 0 bridgehead atoms. The van der Waals surface area contributed by atoms with Crippen LogP contribution in [0.1, 0.15) is 25.0 Å². The largest absolute Gasteiger partial charge is 0.497 e. The number of nitrogens with zero attached hydrogens (tertiary/aromatic N) is 2. The Labute approximate surface area is 162 Å². The van der Waals surface area contributed by atoms with E-state index in [4.69, 9.17) is 9.47 Å². The zero-order chi connectivity index (χ0) is 19.2. The number of aliphatic hydroxyl groups is 1. The summed E-state index contributed by atoms with van der Waals surface area (Å²) in [5.41, 5.74) is 3.32. The van der Waals surface area contributed by atoms with E-state index in [2.05, 4.69) is 41.0 Å². The molecule has 0 radical (unpaired) electrons. The standard InChI is InChI=1S/C22H30N2O3/c1-4-27-22-10-5-18(13-19(22)16-25)15-23-11-12-24(14-17(23)2)20-6-8-21(26-3)9-7-20/h5-10,13,17,25H,4,11-12,14-16H2,1-3H3/t17-/m1/s1. The van der Waals surface area contributed by atoms with E-state index in [1.807, 2.05) is 25.1 Å². The van der Waals surface area contributed by atoms with Gasteiger partial charge < -0.3 is 19.5 Å². The molecule has 5 nitrogen and oxygen atoms in total. The molecular weight excluding hydrogens is 340 g/mol. The minimum atomic E-state index is 0.00394. The topological polar surface area (TPSA) is 45.2 Å². The minimum Gasteiger partial charge on any atom is -0.497 e. The summed E-state index contributed by atoms with van der Waals surface area (Å²) >= 11 is 0. The fourth-order valence-corrected chi connectivity index (χ4v) is 3.64. The van der Waals surface area contributed by atoms with E-state index >= 15 is 0 Å². The molecule has 1 N–H and O–H groups in total. The lowest BCUT2D eigenvalue weighted by atomic mass is 10.1. The highest BCUT2D eigenvalue weighted by Gasteiger charge is 2.24. The fraction of sp³-hybridized carbons (Fsp3) is 0.455. The molecular formula is C22H30N2O3. The van der Waals surface area contributed by atoms with E-state index in [0.717, 1.165) is 43.2 Å². The number of anilines is 1. The quantitative estimate of drug-likeness (QED) is 0.810. The lowest BCUT2D eigenvalue weighted by Crippen LogP contribution is -2.51. The Morgan fingerprint density at radius 2 is 1.89 bits per heavy atom. The maximum absolute atomic E-state index is 9.62. The summed E-state index contributed by atoms with van der Waals surface area (Å²) in [5.74, 6) is 1.67. The van der Waals surface area contributed by atoms with Crippen LogP contribution in [-0.4, -0.2) is 49.4 Å². The molecule has 1 aliphatic rings. The molecule has 2 aromatic rings. The Morgan fingerprint density at radius 1 is 1.11 bits per heavy atom. The number of ether oxygens (including phenoxy) is 2. The average Bonchev–Trinajstić information content (AvgIpc) is 2.71. The second kappa shape index (κ2) is 9.11. The van der Waals surface area contributed by atoms with Crippen LogP contribution >= 0.6 is 0 Å². The minimum absolute atomic E-state index is 0.00394. The van der Waals surface area contributed by atoms with Crippen molar-refractivity contribution in [2.75, 3.05) is 38.3 Å². The van der Waals surface area contributed by atoms with Gasteiger partial charge in [0.2, 0.25) is 0 Å². The molecule has 0 spiro atoms. The van der Waals surface area contributed by atoms with E-state index in [-0.39, 0.29) is 6.61 Å². The van der Waals surface area contributed by atoms with Crippen LogP contribution in [0.2, 0.25) is 0 Å². The molecule has 1 atom stereocenters. The van der Waals surface area contributed by atoms with Crippen molar-refractivity contribution in [1.82, 2.24) is 4.90 Å². The summed E-state index contributed by atoms with van der Waals surface area (Å²) in [7, 11) is 1.69. The Hall–Kier alpha value is -2.24. The number of methoxy groups -OCH3 is 1. The highest BCUT2D eigenvalue weighted by atomic mass is 16.5. The SMILES string of the molecule is CCOc1ccc(CN2CCN(c3ccc(OC)cc3)C[C@H]2C)cc1CO.